The number of hydrogen-bond donors (Lipinski definition) is 3. The Hall–Kier alpha value is -1.56. The minimum Gasteiger partial charge on any atom is -0.428 e. The Morgan fingerprint density at radius 3 is 2.56 bits per heavy atom. The summed E-state index contributed by atoms with van der Waals surface area (Å²) in [6, 6.07) is -0.260. The Labute approximate surface area is 107 Å². The van der Waals surface area contributed by atoms with Crippen molar-refractivity contribution in [1.29, 1.82) is 0 Å². The summed E-state index contributed by atoms with van der Waals surface area (Å²) in [6.07, 6.45) is 0.523. The fourth-order valence-corrected chi connectivity index (χ4v) is 1.54. The number of anilines is 1. The number of amides is 2. The SMILES string of the molecule is Cc1nc(NC(=O)NC(CCO)C(C)C)oc1C. The fraction of sp³-hybridized carbons (Fsp3) is 0.667. The second-order valence-electron chi connectivity index (χ2n) is 4.62. The van der Waals surface area contributed by atoms with E-state index in [2.05, 4.69) is 15.6 Å². The number of aliphatic hydroxyl groups excluding tert-OH is 1. The summed E-state index contributed by atoms with van der Waals surface area (Å²) in [6.45, 7) is 7.61. The van der Waals surface area contributed by atoms with Gasteiger partial charge in [-0.1, -0.05) is 13.8 Å². The van der Waals surface area contributed by atoms with E-state index in [0.717, 1.165) is 5.69 Å². The molecule has 102 valence electrons. The van der Waals surface area contributed by atoms with Crippen molar-refractivity contribution in [3.63, 3.8) is 0 Å². The summed E-state index contributed by atoms with van der Waals surface area (Å²) >= 11 is 0. The molecule has 0 fully saturated rings. The summed E-state index contributed by atoms with van der Waals surface area (Å²) < 4.78 is 5.25. The molecule has 0 spiro atoms. The predicted octanol–water partition coefficient (Wildman–Crippen LogP) is 1.82. The first kappa shape index (κ1) is 14.5. The van der Waals surface area contributed by atoms with Gasteiger partial charge in [0.25, 0.3) is 0 Å². The Balaban J connectivity index is 2.54. The number of urea groups is 1. The van der Waals surface area contributed by atoms with Crippen LogP contribution >= 0.6 is 0 Å². The van der Waals surface area contributed by atoms with Gasteiger partial charge in [-0.05, 0) is 26.2 Å². The molecule has 2 amide bonds. The third kappa shape index (κ3) is 4.03. The molecule has 6 heteroatoms. The number of oxazole rings is 1. The largest absolute Gasteiger partial charge is 0.428 e. The molecule has 6 nitrogen and oxygen atoms in total. The van der Waals surface area contributed by atoms with Gasteiger partial charge in [0.15, 0.2) is 0 Å². The van der Waals surface area contributed by atoms with E-state index in [1.165, 1.54) is 0 Å². The Morgan fingerprint density at radius 2 is 2.11 bits per heavy atom. The molecule has 0 aliphatic carbocycles. The fourth-order valence-electron chi connectivity index (χ4n) is 1.54. The van der Waals surface area contributed by atoms with Crippen molar-refractivity contribution in [3.05, 3.63) is 11.5 Å². The molecule has 0 saturated carbocycles. The maximum atomic E-state index is 11.7. The number of aromatic nitrogens is 1. The second kappa shape index (κ2) is 6.39. The third-order valence-electron chi connectivity index (χ3n) is 2.81. The lowest BCUT2D eigenvalue weighted by atomic mass is 10.0. The highest BCUT2D eigenvalue weighted by Gasteiger charge is 2.17. The quantitative estimate of drug-likeness (QED) is 0.749. The van der Waals surface area contributed by atoms with Crippen LogP contribution in [0.2, 0.25) is 0 Å². The highest BCUT2D eigenvalue weighted by Crippen LogP contribution is 2.13. The van der Waals surface area contributed by atoms with Crippen LogP contribution in [0.25, 0.3) is 0 Å². The van der Waals surface area contributed by atoms with E-state index in [1.54, 1.807) is 6.92 Å². The van der Waals surface area contributed by atoms with Gasteiger partial charge in [-0.15, -0.1) is 0 Å². The Bertz CT molecular complexity index is 382. The molecule has 3 N–H and O–H groups in total. The second-order valence-corrected chi connectivity index (χ2v) is 4.62. The van der Waals surface area contributed by atoms with Gasteiger partial charge in [0.2, 0.25) is 0 Å². The molecule has 0 bridgehead atoms. The number of rotatable bonds is 5. The van der Waals surface area contributed by atoms with Gasteiger partial charge in [0, 0.05) is 12.6 Å². The highest BCUT2D eigenvalue weighted by molar-refractivity contribution is 5.87. The van der Waals surface area contributed by atoms with Crippen molar-refractivity contribution >= 4 is 12.0 Å². The normalized spacial score (nSPS) is 12.6. The van der Waals surface area contributed by atoms with E-state index < -0.39 is 0 Å². The molecule has 1 aromatic rings. The molecule has 1 unspecified atom stereocenters. The monoisotopic (exact) mass is 255 g/mol. The summed E-state index contributed by atoms with van der Waals surface area (Å²) in [5.41, 5.74) is 0.751. The van der Waals surface area contributed by atoms with Crippen LogP contribution in [-0.2, 0) is 0 Å². The molecular formula is C12H21N3O3. The number of carbonyl (C=O) groups is 1. The molecule has 1 aromatic heterocycles. The number of nitrogens with one attached hydrogen (secondary N) is 2. The van der Waals surface area contributed by atoms with Gasteiger partial charge < -0.3 is 14.8 Å². The number of hydrogen-bond acceptors (Lipinski definition) is 4. The van der Waals surface area contributed by atoms with Crippen molar-refractivity contribution in [2.75, 3.05) is 11.9 Å². The van der Waals surface area contributed by atoms with Crippen molar-refractivity contribution in [1.82, 2.24) is 10.3 Å². The maximum Gasteiger partial charge on any atom is 0.323 e. The van der Waals surface area contributed by atoms with Crippen LogP contribution in [-0.4, -0.2) is 28.8 Å². The van der Waals surface area contributed by atoms with Gasteiger partial charge in [0.1, 0.15) is 5.76 Å². The average Bonchev–Trinajstić information content (AvgIpc) is 2.57. The first-order valence-corrected chi connectivity index (χ1v) is 6.06. The molecule has 0 aliphatic rings. The minimum absolute atomic E-state index is 0.0420. The van der Waals surface area contributed by atoms with E-state index in [9.17, 15) is 4.79 Å². The first-order valence-electron chi connectivity index (χ1n) is 6.06. The minimum atomic E-state index is -0.372. The van der Waals surface area contributed by atoms with E-state index in [4.69, 9.17) is 9.52 Å². The van der Waals surface area contributed by atoms with Gasteiger partial charge in [-0.2, -0.15) is 4.98 Å². The summed E-state index contributed by atoms with van der Waals surface area (Å²) in [4.78, 5) is 15.8. The Morgan fingerprint density at radius 1 is 1.44 bits per heavy atom. The van der Waals surface area contributed by atoms with Gasteiger partial charge in [0.05, 0.1) is 5.69 Å². The van der Waals surface area contributed by atoms with Crippen molar-refractivity contribution in [2.45, 2.75) is 40.2 Å². The number of carbonyl (C=O) groups excluding carboxylic acids is 1. The number of aliphatic hydroxyl groups is 1. The van der Waals surface area contributed by atoms with Crippen molar-refractivity contribution < 1.29 is 14.3 Å². The van der Waals surface area contributed by atoms with Crippen LogP contribution in [0.15, 0.2) is 4.42 Å². The third-order valence-corrected chi connectivity index (χ3v) is 2.81. The highest BCUT2D eigenvalue weighted by atomic mass is 16.4. The lowest BCUT2D eigenvalue weighted by Gasteiger charge is -2.21. The van der Waals surface area contributed by atoms with Crippen LogP contribution < -0.4 is 10.6 Å². The van der Waals surface area contributed by atoms with Gasteiger partial charge >= 0.3 is 12.0 Å². The first-order chi connectivity index (χ1) is 8.43. The average molecular weight is 255 g/mol. The number of nitrogens with zero attached hydrogens (tertiary/aromatic N) is 1. The lowest BCUT2D eigenvalue weighted by Crippen LogP contribution is -2.41. The summed E-state index contributed by atoms with van der Waals surface area (Å²) in [5, 5.41) is 14.2. The zero-order valence-corrected chi connectivity index (χ0v) is 11.3. The Kier molecular flexibility index (Phi) is 5.15. The lowest BCUT2D eigenvalue weighted by molar-refractivity contribution is 0.227. The zero-order valence-electron chi connectivity index (χ0n) is 11.3. The summed E-state index contributed by atoms with van der Waals surface area (Å²) in [7, 11) is 0. The maximum absolute atomic E-state index is 11.7. The smallest absolute Gasteiger partial charge is 0.323 e. The van der Waals surface area contributed by atoms with Crippen molar-refractivity contribution in [3.8, 4) is 0 Å². The number of aryl methyl sites for hydroxylation is 2. The van der Waals surface area contributed by atoms with Crippen LogP contribution in [0.3, 0.4) is 0 Å². The molecule has 1 atom stereocenters. The molecule has 0 saturated heterocycles. The molecular weight excluding hydrogens is 234 g/mol. The molecule has 0 aliphatic heterocycles. The molecule has 1 heterocycles. The molecule has 1 rings (SSSR count). The van der Waals surface area contributed by atoms with Crippen LogP contribution in [0, 0.1) is 19.8 Å². The van der Waals surface area contributed by atoms with Gasteiger partial charge in [-0.3, -0.25) is 5.32 Å². The van der Waals surface area contributed by atoms with E-state index >= 15 is 0 Å². The van der Waals surface area contributed by atoms with Crippen molar-refractivity contribution in [2.24, 2.45) is 5.92 Å². The van der Waals surface area contributed by atoms with Crippen LogP contribution in [0.1, 0.15) is 31.7 Å². The van der Waals surface area contributed by atoms with Gasteiger partial charge in [-0.25, -0.2) is 4.79 Å². The van der Waals surface area contributed by atoms with E-state index in [-0.39, 0.29) is 30.6 Å². The topological polar surface area (TPSA) is 87.4 Å². The summed E-state index contributed by atoms with van der Waals surface area (Å²) in [5.74, 6) is 0.928. The van der Waals surface area contributed by atoms with Crippen LogP contribution in [0.5, 0.6) is 0 Å². The van der Waals surface area contributed by atoms with E-state index in [0.29, 0.717) is 12.2 Å². The van der Waals surface area contributed by atoms with E-state index in [1.807, 2.05) is 20.8 Å². The zero-order chi connectivity index (χ0) is 13.7. The van der Waals surface area contributed by atoms with Crippen LogP contribution in [0.4, 0.5) is 10.8 Å². The molecule has 0 aromatic carbocycles. The predicted molar refractivity (Wildman–Crippen MR) is 68.5 cm³/mol. The molecule has 18 heavy (non-hydrogen) atoms. The molecule has 0 radical (unpaired) electrons. The standard InChI is InChI=1S/C12H21N3O3/c1-7(2)10(5-6-16)14-11(17)15-12-13-8(3)9(4)18-12/h7,10,16H,5-6H2,1-4H3,(H2,13,14,15,17).